The van der Waals surface area contributed by atoms with Gasteiger partial charge >= 0.3 is 0 Å². The Morgan fingerprint density at radius 1 is 1.12 bits per heavy atom. The number of carbonyl (C=O) groups is 1. The molecule has 2 aliphatic rings. The molecule has 1 saturated heterocycles. The minimum atomic E-state index is -3.07. The van der Waals surface area contributed by atoms with Crippen LogP contribution in [-0.2, 0) is 14.6 Å². The SMILES string of the molecule is CN(C(=O)CSc1nnc([C@@H]2COc3ccccc3O2)n1-c1ccccc1)[C@H]1CCS(=O)(=O)C1. The number of thioether (sulfide) groups is 1. The summed E-state index contributed by atoms with van der Waals surface area (Å²) in [5.41, 5.74) is 0.843. The van der Waals surface area contributed by atoms with Crippen LogP contribution in [0.5, 0.6) is 11.5 Å². The standard InChI is InChI=1S/C23H24N4O5S2/c1-26(17-11-12-34(29,30)15-17)21(28)14-33-23-25-24-22(27(23)16-7-3-2-4-8-16)20-13-31-18-9-5-6-10-19(18)32-20/h2-10,17,20H,11-15H2,1H3/t17-,20-/m0/s1. The molecule has 3 aromatic rings. The fraction of sp³-hybridized carbons (Fsp3) is 0.348. The van der Waals surface area contributed by atoms with E-state index in [0.29, 0.717) is 28.9 Å². The number of nitrogens with zero attached hydrogens (tertiary/aromatic N) is 4. The molecule has 178 valence electrons. The average molecular weight is 501 g/mol. The number of benzene rings is 2. The zero-order valence-corrected chi connectivity index (χ0v) is 20.2. The molecule has 11 heteroatoms. The highest BCUT2D eigenvalue weighted by Crippen LogP contribution is 2.37. The maximum Gasteiger partial charge on any atom is 0.233 e. The minimum Gasteiger partial charge on any atom is -0.485 e. The first kappa shape index (κ1) is 22.7. The molecule has 2 aliphatic heterocycles. The van der Waals surface area contributed by atoms with Crippen LogP contribution < -0.4 is 9.47 Å². The summed E-state index contributed by atoms with van der Waals surface area (Å²) in [5.74, 6) is 2.00. The van der Waals surface area contributed by atoms with Crippen LogP contribution in [0.25, 0.3) is 5.69 Å². The van der Waals surface area contributed by atoms with Crippen LogP contribution in [0.4, 0.5) is 0 Å². The second kappa shape index (κ2) is 9.30. The number of hydrogen-bond acceptors (Lipinski definition) is 8. The lowest BCUT2D eigenvalue weighted by Crippen LogP contribution is -2.38. The Labute approximate surface area is 202 Å². The predicted molar refractivity (Wildman–Crippen MR) is 127 cm³/mol. The van der Waals surface area contributed by atoms with Crippen molar-refractivity contribution >= 4 is 27.5 Å². The van der Waals surface area contributed by atoms with Crippen molar-refractivity contribution in [3.05, 3.63) is 60.4 Å². The second-order valence-electron chi connectivity index (χ2n) is 8.23. The zero-order chi connectivity index (χ0) is 23.7. The number of aromatic nitrogens is 3. The van der Waals surface area contributed by atoms with E-state index in [1.165, 1.54) is 16.7 Å². The highest BCUT2D eigenvalue weighted by molar-refractivity contribution is 7.99. The maximum atomic E-state index is 12.8. The molecule has 34 heavy (non-hydrogen) atoms. The first-order valence-electron chi connectivity index (χ1n) is 10.9. The number of fused-ring (bicyclic) bond motifs is 1. The lowest BCUT2D eigenvalue weighted by Gasteiger charge is -2.26. The molecule has 0 saturated carbocycles. The van der Waals surface area contributed by atoms with E-state index in [0.717, 1.165) is 5.69 Å². The molecule has 0 bridgehead atoms. The molecule has 0 radical (unpaired) electrons. The predicted octanol–water partition coefficient (Wildman–Crippen LogP) is 2.52. The van der Waals surface area contributed by atoms with Gasteiger partial charge < -0.3 is 14.4 Å². The summed E-state index contributed by atoms with van der Waals surface area (Å²) in [7, 11) is -1.41. The van der Waals surface area contributed by atoms with E-state index in [-0.39, 0.29) is 35.8 Å². The molecule has 1 fully saturated rings. The van der Waals surface area contributed by atoms with Gasteiger partial charge in [-0.2, -0.15) is 0 Å². The number of rotatable bonds is 6. The third-order valence-corrected chi connectivity index (χ3v) is 8.61. The van der Waals surface area contributed by atoms with Crippen LogP contribution in [0.2, 0.25) is 0 Å². The van der Waals surface area contributed by atoms with Crippen LogP contribution in [0.15, 0.2) is 59.8 Å². The summed E-state index contributed by atoms with van der Waals surface area (Å²) >= 11 is 1.26. The van der Waals surface area contributed by atoms with Crippen LogP contribution in [0.3, 0.4) is 0 Å². The fourth-order valence-electron chi connectivity index (χ4n) is 4.06. The Morgan fingerprint density at radius 2 is 1.85 bits per heavy atom. The van der Waals surface area contributed by atoms with Gasteiger partial charge in [0, 0.05) is 18.8 Å². The molecule has 1 aromatic heterocycles. The molecule has 5 rings (SSSR count). The molecule has 0 aliphatic carbocycles. The first-order valence-corrected chi connectivity index (χ1v) is 13.7. The summed E-state index contributed by atoms with van der Waals surface area (Å²) in [6.45, 7) is 0.282. The van der Waals surface area contributed by atoms with Gasteiger partial charge in [-0.05, 0) is 30.7 Å². The molecule has 9 nitrogen and oxygen atoms in total. The van der Waals surface area contributed by atoms with Crippen LogP contribution in [0.1, 0.15) is 18.3 Å². The van der Waals surface area contributed by atoms with Crippen LogP contribution in [0, 0.1) is 0 Å². The van der Waals surface area contributed by atoms with Crippen molar-refractivity contribution in [2.75, 3.05) is 30.9 Å². The number of carbonyl (C=O) groups excluding carboxylic acids is 1. The van der Waals surface area contributed by atoms with Crippen molar-refractivity contribution in [3.8, 4) is 17.2 Å². The minimum absolute atomic E-state index is 0.0186. The molecule has 0 unspecified atom stereocenters. The van der Waals surface area contributed by atoms with Crippen molar-refractivity contribution in [1.29, 1.82) is 0 Å². The maximum absolute atomic E-state index is 12.8. The van der Waals surface area contributed by atoms with E-state index in [1.807, 2.05) is 59.2 Å². The summed E-state index contributed by atoms with van der Waals surface area (Å²) in [6.07, 6.45) is -0.000823. The molecular weight excluding hydrogens is 476 g/mol. The monoisotopic (exact) mass is 500 g/mol. The average Bonchev–Trinajstić information content (AvgIpc) is 3.45. The van der Waals surface area contributed by atoms with Gasteiger partial charge in [-0.3, -0.25) is 9.36 Å². The number of para-hydroxylation sites is 3. The summed E-state index contributed by atoms with van der Waals surface area (Å²) in [4.78, 5) is 14.4. The molecule has 0 N–H and O–H groups in total. The zero-order valence-electron chi connectivity index (χ0n) is 18.5. The van der Waals surface area contributed by atoms with Gasteiger partial charge in [-0.15, -0.1) is 10.2 Å². The van der Waals surface area contributed by atoms with Gasteiger partial charge in [0.1, 0.15) is 6.61 Å². The van der Waals surface area contributed by atoms with E-state index in [4.69, 9.17) is 9.47 Å². The van der Waals surface area contributed by atoms with Crippen molar-refractivity contribution in [2.24, 2.45) is 0 Å². The molecule has 2 atom stereocenters. The normalized spacial score (nSPS) is 20.7. The first-order chi connectivity index (χ1) is 16.4. The highest BCUT2D eigenvalue weighted by Gasteiger charge is 2.33. The summed E-state index contributed by atoms with van der Waals surface area (Å²) in [6, 6.07) is 16.8. The van der Waals surface area contributed by atoms with Gasteiger partial charge in [0.05, 0.1) is 17.3 Å². The largest absolute Gasteiger partial charge is 0.485 e. The van der Waals surface area contributed by atoms with Crippen molar-refractivity contribution in [1.82, 2.24) is 19.7 Å². The summed E-state index contributed by atoms with van der Waals surface area (Å²) in [5, 5.41) is 9.29. The van der Waals surface area contributed by atoms with E-state index < -0.39 is 15.9 Å². The van der Waals surface area contributed by atoms with E-state index in [9.17, 15) is 13.2 Å². The molecular formula is C23H24N4O5S2. The van der Waals surface area contributed by atoms with Crippen molar-refractivity contribution in [2.45, 2.75) is 23.7 Å². The highest BCUT2D eigenvalue weighted by atomic mass is 32.2. The van der Waals surface area contributed by atoms with Crippen molar-refractivity contribution in [3.63, 3.8) is 0 Å². The lowest BCUT2D eigenvalue weighted by molar-refractivity contribution is -0.128. The molecule has 0 spiro atoms. The third kappa shape index (κ3) is 4.62. The Kier molecular flexibility index (Phi) is 6.22. The van der Waals surface area contributed by atoms with Crippen LogP contribution >= 0.6 is 11.8 Å². The van der Waals surface area contributed by atoms with Gasteiger partial charge in [0.25, 0.3) is 0 Å². The van der Waals surface area contributed by atoms with Gasteiger partial charge in [-0.1, -0.05) is 42.1 Å². The van der Waals surface area contributed by atoms with E-state index in [2.05, 4.69) is 10.2 Å². The van der Waals surface area contributed by atoms with Crippen LogP contribution in [-0.4, -0.2) is 70.9 Å². The third-order valence-electron chi connectivity index (χ3n) is 5.94. The Hall–Kier alpha value is -3.05. The Balaban J connectivity index is 1.37. The number of amides is 1. The van der Waals surface area contributed by atoms with Gasteiger partial charge in [0.15, 0.2) is 38.4 Å². The number of sulfone groups is 1. The second-order valence-corrected chi connectivity index (χ2v) is 11.4. The molecule has 3 heterocycles. The number of hydrogen-bond donors (Lipinski definition) is 0. The summed E-state index contributed by atoms with van der Waals surface area (Å²) < 4.78 is 37.5. The van der Waals surface area contributed by atoms with E-state index >= 15 is 0 Å². The topological polar surface area (TPSA) is 104 Å². The molecule has 2 aromatic carbocycles. The number of ether oxygens (including phenoxy) is 2. The van der Waals surface area contributed by atoms with Gasteiger partial charge in [-0.25, -0.2) is 8.42 Å². The lowest BCUT2D eigenvalue weighted by atomic mass is 10.2. The smallest absolute Gasteiger partial charge is 0.233 e. The fourth-order valence-corrected chi connectivity index (χ4v) is 6.72. The Bertz CT molecular complexity index is 1300. The molecule has 1 amide bonds. The quantitative estimate of drug-likeness (QED) is 0.476. The van der Waals surface area contributed by atoms with E-state index in [1.54, 1.807) is 7.05 Å². The van der Waals surface area contributed by atoms with Gasteiger partial charge in [0.2, 0.25) is 5.91 Å². The van der Waals surface area contributed by atoms with Crippen molar-refractivity contribution < 1.29 is 22.7 Å². The Morgan fingerprint density at radius 3 is 2.59 bits per heavy atom.